The molecule has 7 heteroatoms. The molecule has 33 heavy (non-hydrogen) atoms. The molecule has 1 atom stereocenters. The fourth-order valence-corrected chi connectivity index (χ4v) is 3.97. The number of aryl methyl sites for hydroxylation is 1. The first-order chi connectivity index (χ1) is 16.0. The van der Waals surface area contributed by atoms with Gasteiger partial charge in [-0.2, -0.15) is 0 Å². The smallest absolute Gasteiger partial charge is 0.262 e. The number of nitrogens with zero attached hydrogens (tertiary/aromatic N) is 1. The van der Waals surface area contributed by atoms with Crippen molar-refractivity contribution < 1.29 is 9.47 Å². The largest absolute Gasteiger partial charge is 0.454 e. The summed E-state index contributed by atoms with van der Waals surface area (Å²) >= 11 is 0. The zero-order valence-corrected chi connectivity index (χ0v) is 19.1. The van der Waals surface area contributed by atoms with Crippen molar-refractivity contribution in [1.82, 2.24) is 9.97 Å². The predicted octanol–water partition coefficient (Wildman–Crippen LogP) is 4.69. The van der Waals surface area contributed by atoms with Crippen molar-refractivity contribution in [3.8, 4) is 11.5 Å². The molecule has 7 nitrogen and oxygen atoms in total. The second kappa shape index (κ2) is 10.3. The number of H-pyrrole nitrogens is 1. The van der Waals surface area contributed by atoms with Crippen molar-refractivity contribution in [2.24, 2.45) is 0 Å². The molecule has 4 rings (SSSR count). The average Bonchev–Trinajstić information content (AvgIpc) is 3.27. The van der Waals surface area contributed by atoms with Crippen LogP contribution in [0.5, 0.6) is 11.5 Å². The molecule has 0 aliphatic carbocycles. The number of nitrogens with one attached hydrogen (secondary N) is 3. The van der Waals surface area contributed by atoms with E-state index in [0.717, 1.165) is 30.6 Å². The van der Waals surface area contributed by atoms with Crippen LogP contribution in [-0.4, -0.2) is 28.5 Å². The van der Waals surface area contributed by atoms with Crippen LogP contribution in [0.4, 0.5) is 5.82 Å². The zero-order chi connectivity index (χ0) is 23.2. The van der Waals surface area contributed by atoms with E-state index in [0.29, 0.717) is 35.8 Å². The highest BCUT2D eigenvalue weighted by molar-refractivity contribution is 6.01. The van der Waals surface area contributed by atoms with Gasteiger partial charge < -0.3 is 25.2 Å². The molecular formula is C26H30N4O3. The van der Waals surface area contributed by atoms with Crippen LogP contribution in [0.25, 0.3) is 0 Å². The Morgan fingerprint density at radius 2 is 1.94 bits per heavy atom. The number of rotatable bonds is 10. The summed E-state index contributed by atoms with van der Waals surface area (Å²) in [6.45, 7) is 4.18. The molecule has 1 aliphatic rings. The minimum absolute atomic E-state index is 0.116. The highest BCUT2D eigenvalue weighted by atomic mass is 16.7. The number of hydrogen-bond donors (Lipinski definition) is 3. The van der Waals surface area contributed by atoms with E-state index in [9.17, 15) is 4.79 Å². The van der Waals surface area contributed by atoms with Gasteiger partial charge in [0.2, 0.25) is 6.79 Å². The minimum atomic E-state index is -0.286. The summed E-state index contributed by atoms with van der Waals surface area (Å²) in [6, 6.07) is 16.2. The van der Waals surface area contributed by atoms with Crippen molar-refractivity contribution in [3.05, 3.63) is 81.4 Å². The van der Waals surface area contributed by atoms with E-state index in [1.54, 1.807) is 0 Å². The molecule has 0 amide bonds. The Morgan fingerprint density at radius 1 is 1.15 bits per heavy atom. The number of ether oxygens (including phenoxy) is 2. The van der Waals surface area contributed by atoms with Gasteiger partial charge in [0.15, 0.2) is 11.5 Å². The van der Waals surface area contributed by atoms with Gasteiger partial charge in [-0.05, 0) is 55.9 Å². The highest BCUT2D eigenvalue weighted by Crippen LogP contribution is 2.33. The van der Waals surface area contributed by atoms with Gasteiger partial charge in [-0.25, -0.2) is 4.98 Å². The first-order valence-electron chi connectivity index (χ1n) is 11.4. The zero-order valence-electron chi connectivity index (χ0n) is 19.1. The summed E-state index contributed by atoms with van der Waals surface area (Å²) < 4.78 is 10.8. The SMILES string of the molecule is CCC(=N)c1c(NC(C)CCCc2ccccc2)nc(Cc2ccc3c(c2)OCO3)[nH]c1=O. The Hall–Kier alpha value is -3.61. The molecule has 3 N–H and O–H groups in total. The number of aromatic nitrogens is 2. The molecule has 1 aromatic heterocycles. The lowest BCUT2D eigenvalue weighted by atomic mass is 10.0. The van der Waals surface area contributed by atoms with E-state index in [-0.39, 0.29) is 24.1 Å². The molecule has 2 heterocycles. The van der Waals surface area contributed by atoms with Crippen LogP contribution < -0.4 is 20.3 Å². The van der Waals surface area contributed by atoms with Gasteiger partial charge >= 0.3 is 0 Å². The van der Waals surface area contributed by atoms with Gasteiger partial charge in [0.25, 0.3) is 5.56 Å². The molecule has 0 radical (unpaired) electrons. The lowest BCUT2D eigenvalue weighted by Gasteiger charge is -2.18. The normalized spacial score (nSPS) is 13.0. The van der Waals surface area contributed by atoms with Gasteiger partial charge in [-0.1, -0.05) is 43.3 Å². The fourth-order valence-electron chi connectivity index (χ4n) is 3.97. The van der Waals surface area contributed by atoms with Crippen molar-refractivity contribution in [2.75, 3.05) is 12.1 Å². The molecule has 1 aliphatic heterocycles. The van der Waals surface area contributed by atoms with Crippen LogP contribution in [0.15, 0.2) is 53.3 Å². The van der Waals surface area contributed by atoms with Gasteiger partial charge in [0.1, 0.15) is 17.2 Å². The monoisotopic (exact) mass is 446 g/mol. The summed E-state index contributed by atoms with van der Waals surface area (Å²) in [7, 11) is 0. The molecule has 3 aromatic rings. The molecule has 1 unspecified atom stereocenters. The van der Waals surface area contributed by atoms with Crippen molar-refractivity contribution in [1.29, 1.82) is 5.41 Å². The van der Waals surface area contributed by atoms with Crippen LogP contribution in [0.1, 0.15) is 55.6 Å². The summed E-state index contributed by atoms with van der Waals surface area (Å²) in [5.74, 6) is 2.45. The van der Waals surface area contributed by atoms with Crippen LogP contribution in [-0.2, 0) is 12.8 Å². The Labute approximate surface area is 193 Å². The Bertz CT molecular complexity index is 1170. The third-order valence-corrected chi connectivity index (χ3v) is 5.76. The quantitative estimate of drug-likeness (QED) is 0.392. The molecular weight excluding hydrogens is 416 g/mol. The van der Waals surface area contributed by atoms with Gasteiger partial charge in [0, 0.05) is 18.2 Å². The summed E-state index contributed by atoms with van der Waals surface area (Å²) in [4.78, 5) is 20.5. The number of hydrogen-bond acceptors (Lipinski definition) is 6. The Morgan fingerprint density at radius 3 is 2.73 bits per heavy atom. The second-order valence-corrected chi connectivity index (χ2v) is 8.36. The van der Waals surface area contributed by atoms with Crippen molar-refractivity contribution in [3.63, 3.8) is 0 Å². The molecule has 0 saturated carbocycles. The van der Waals surface area contributed by atoms with Crippen LogP contribution in [0.2, 0.25) is 0 Å². The molecule has 0 bridgehead atoms. The molecule has 0 saturated heterocycles. The first kappa shape index (κ1) is 22.6. The van der Waals surface area contributed by atoms with Crippen LogP contribution in [0, 0.1) is 5.41 Å². The van der Waals surface area contributed by atoms with E-state index >= 15 is 0 Å². The maximum Gasteiger partial charge on any atom is 0.262 e. The topological polar surface area (TPSA) is 100 Å². The first-order valence-corrected chi connectivity index (χ1v) is 11.4. The molecule has 172 valence electrons. The summed E-state index contributed by atoms with van der Waals surface area (Å²) in [5, 5.41) is 11.7. The maximum atomic E-state index is 12.9. The Balaban J connectivity index is 1.50. The molecule has 2 aromatic carbocycles. The van der Waals surface area contributed by atoms with E-state index in [2.05, 4.69) is 41.5 Å². The number of fused-ring (bicyclic) bond motifs is 1. The average molecular weight is 447 g/mol. The van der Waals surface area contributed by atoms with Gasteiger partial charge in [0.05, 0.1) is 0 Å². The van der Waals surface area contributed by atoms with E-state index < -0.39 is 0 Å². The van der Waals surface area contributed by atoms with Crippen LogP contribution in [0.3, 0.4) is 0 Å². The highest BCUT2D eigenvalue weighted by Gasteiger charge is 2.18. The third kappa shape index (κ3) is 5.61. The standard InChI is InChI=1S/C26H30N4O3/c1-3-20(27)24-25(28-17(2)8-7-11-18-9-5-4-6-10-18)29-23(30-26(24)31)15-19-12-13-21-22(14-19)33-16-32-21/h4-6,9-10,12-14,17,27H,3,7-8,11,15-16H2,1-2H3,(H2,28,29,30,31). The molecule has 0 fully saturated rings. The summed E-state index contributed by atoms with van der Waals surface area (Å²) in [5.41, 5.74) is 2.59. The minimum Gasteiger partial charge on any atom is -0.454 e. The lowest BCUT2D eigenvalue weighted by molar-refractivity contribution is 0.174. The van der Waals surface area contributed by atoms with Gasteiger partial charge in [-0.3, -0.25) is 4.79 Å². The van der Waals surface area contributed by atoms with Gasteiger partial charge in [-0.15, -0.1) is 0 Å². The van der Waals surface area contributed by atoms with Crippen LogP contribution >= 0.6 is 0 Å². The predicted molar refractivity (Wildman–Crippen MR) is 130 cm³/mol. The van der Waals surface area contributed by atoms with E-state index in [4.69, 9.17) is 19.9 Å². The Kier molecular flexibility index (Phi) is 7.07. The van der Waals surface area contributed by atoms with Crippen molar-refractivity contribution in [2.45, 2.75) is 52.0 Å². The maximum absolute atomic E-state index is 12.9. The van der Waals surface area contributed by atoms with E-state index in [1.807, 2.05) is 31.2 Å². The lowest BCUT2D eigenvalue weighted by Crippen LogP contribution is -2.27. The number of benzene rings is 2. The third-order valence-electron chi connectivity index (χ3n) is 5.76. The second-order valence-electron chi connectivity index (χ2n) is 8.36. The van der Waals surface area contributed by atoms with Crippen molar-refractivity contribution >= 4 is 11.5 Å². The number of anilines is 1. The summed E-state index contributed by atoms with van der Waals surface area (Å²) in [6.07, 6.45) is 3.86. The fraction of sp³-hybridized carbons (Fsp3) is 0.346. The molecule has 0 spiro atoms. The number of aromatic amines is 1. The van der Waals surface area contributed by atoms with E-state index in [1.165, 1.54) is 5.56 Å².